The highest BCUT2D eigenvalue weighted by Gasteiger charge is 2.32. The summed E-state index contributed by atoms with van der Waals surface area (Å²) in [6.45, 7) is 5.20. The fourth-order valence-electron chi connectivity index (χ4n) is 1.91. The zero-order valence-corrected chi connectivity index (χ0v) is 11.8. The van der Waals surface area contributed by atoms with E-state index in [9.17, 15) is 13.2 Å². The number of alkyl halides is 3. The molecule has 1 atom stereocenters. The number of fused-ring (bicyclic) bond motifs is 1. The second-order valence-corrected chi connectivity index (χ2v) is 4.94. The molecule has 0 bridgehead atoms. The van der Waals surface area contributed by atoms with Crippen molar-refractivity contribution in [2.45, 2.75) is 25.9 Å². The molecule has 0 aliphatic carbocycles. The zero-order valence-electron chi connectivity index (χ0n) is 11.0. The molecular formula is C12H14ClF3N4. The Balaban J connectivity index is 2.50. The van der Waals surface area contributed by atoms with E-state index in [1.165, 1.54) is 4.40 Å². The van der Waals surface area contributed by atoms with Gasteiger partial charge in [-0.05, 0) is 12.6 Å². The highest BCUT2D eigenvalue weighted by molar-refractivity contribution is 6.33. The van der Waals surface area contributed by atoms with Crippen molar-refractivity contribution >= 4 is 17.2 Å². The van der Waals surface area contributed by atoms with E-state index in [0.29, 0.717) is 12.4 Å². The third-order valence-electron chi connectivity index (χ3n) is 2.95. The first kappa shape index (κ1) is 15.1. The fraction of sp³-hybridized carbons (Fsp3) is 0.500. The van der Waals surface area contributed by atoms with Crippen LogP contribution in [0.2, 0.25) is 5.02 Å². The monoisotopic (exact) mass is 306 g/mol. The van der Waals surface area contributed by atoms with Gasteiger partial charge in [0.15, 0.2) is 5.65 Å². The van der Waals surface area contributed by atoms with Gasteiger partial charge in [0.1, 0.15) is 5.82 Å². The van der Waals surface area contributed by atoms with E-state index in [1.54, 1.807) is 0 Å². The van der Waals surface area contributed by atoms with Crippen molar-refractivity contribution in [3.8, 4) is 0 Å². The molecule has 2 aromatic rings. The van der Waals surface area contributed by atoms with Gasteiger partial charge in [0.05, 0.1) is 10.6 Å². The van der Waals surface area contributed by atoms with Crippen LogP contribution in [0.15, 0.2) is 12.3 Å². The summed E-state index contributed by atoms with van der Waals surface area (Å²) < 4.78 is 39.7. The molecule has 0 spiro atoms. The summed E-state index contributed by atoms with van der Waals surface area (Å²) in [5.41, 5.74) is -0.579. The molecule has 1 N–H and O–H groups in total. The van der Waals surface area contributed by atoms with E-state index in [4.69, 9.17) is 11.6 Å². The Morgan fingerprint density at radius 1 is 1.40 bits per heavy atom. The smallest absolute Gasteiger partial charge is 0.316 e. The molecule has 2 aromatic heterocycles. The van der Waals surface area contributed by atoms with Crippen LogP contribution in [0.5, 0.6) is 0 Å². The van der Waals surface area contributed by atoms with E-state index in [2.05, 4.69) is 15.5 Å². The molecule has 2 heterocycles. The quantitative estimate of drug-likeness (QED) is 0.943. The van der Waals surface area contributed by atoms with Crippen molar-refractivity contribution in [2.75, 3.05) is 13.1 Å². The van der Waals surface area contributed by atoms with Gasteiger partial charge in [-0.2, -0.15) is 13.2 Å². The van der Waals surface area contributed by atoms with Gasteiger partial charge >= 0.3 is 6.18 Å². The highest BCUT2D eigenvalue weighted by atomic mass is 35.5. The van der Waals surface area contributed by atoms with Crippen molar-refractivity contribution in [3.05, 3.63) is 28.7 Å². The molecule has 0 amide bonds. The van der Waals surface area contributed by atoms with Gasteiger partial charge in [0, 0.05) is 18.7 Å². The normalized spacial score (nSPS) is 13.9. The predicted octanol–water partition coefficient (Wildman–Crippen LogP) is 3.11. The first-order valence-corrected chi connectivity index (χ1v) is 6.54. The summed E-state index contributed by atoms with van der Waals surface area (Å²) in [5, 5.41) is 10.9. The number of nitrogens with zero attached hydrogens (tertiary/aromatic N) is 3. The lowest BCUT2D eigenvalue weighted by molar-refractivity contribution is -0.137. The molecule has 0 saturated carbocycles. The number of halogens is 4. The number of pyridine rings is 1. The van der Waals surface area contributed by atoms with Crippen LogP contribution in [0, 0.1) is 0 Å². The molecule has 0 aliphatic heterocycles. The van der Waals surface area contributed by atoms with Crippen LogP contribution in [0.3, 0.4) is 0 Å². The van der Waals surface area contributed by atoms with E-state index >= 15 is 0 Å². The topological polar surface area (TPSA) is 42.2 Å². The summed E-state index contributed by atoms with van der Waals surface area (Å²) in [6, 6.07) is 0.865. The van der Waals surface area contributed by atoms with Crippen molar-refractivity contribution in [1.29, 1.82) is 0 Å². The van der Waals surface area contributed by atoms with Crippen LogP contribution < -0.4 is 5.32 Å². The standard InChI is InChI=1S/C12H14ClF3N4/c1-3-17-5-7(2)10-18-19-11-9(13)4-8(6-20(10)11)12(14,15)16/h4,6-7,17H,3,5H2,1-2H3. The van der Waals surface area contributed by atoms with E-state index in [1.807, 2.05) is 13.8 Å². The maximum atomic E-state index is 12.8. The summed E-state index contributed by atoms with van der Waals surface area (Å²) in [5.74, 6) is 0.374. The molecule has 0 aromatic carbocycles. The molecule has 4 nitrogen and oxygen atoms in total. The number of rotatable bonds is 4. The Labute approximate surface area is 118 Å². The second-order valence-electron chi connectivity index (χ2n) is 4.54. The maximum Gasteiger partial charge on any atom is 0.417 e. The lowest BCUT2D eigenvalue weighted by Gasteiger charge is -2.12. The average molecular weight is 307 g/mol. The molecule has 20 heavy (non-hydrogen) atoms. The van der Waals surface area contributed by atoms with Gasteiger partial charge in [-0.3, -0.25) is 4.40 Å². The minimum Gasteiger partial charge on any atom is -0.316 e. The minimum absolute atomic E-state index is 0.0609. The number of nitrogens with one attached hydrogen (secondary N) is 1. The van der Waals surface area contributed by atoms with E-state index in [-0.39, 0.29) is 16.6 Å². The first-order valence-electron chi connectivity index (χ1n) is 6.16. The maximum absolute atomic E-state index is 12.8. The number of aromatic nitrogens is 3. The highest BCUT2D eigenvalue weighted by Crippen LogP contribution is 2.32. The molecule has 2 rings (SSSR count). The molecular weight excluding hydrogens is 293 g/mol. The first-order chi connectivity index (χ1) is 9.34. The molecule has 0 aliphatic rings. The molecule has 0 radical (unpaired) electrons. The number of hydrogen-bond donors (Lipinski definition) is 1. The Kier molecular flexibility index (Phi) is 4.19. The van der Waals surface area contributed by atoms with Crippen molar-refractivity contribution in [1.82, 2.24) is 19.9 Å². The van der Waals surface area contributed by atoms with Crippen molar-refractivity contribution < 1.29 is 13.2 Å². The van der Waals surface area contributed by atoms with Crippen molar-refractivity contribution in [2.24, 2.45) is 0 Å². The Morgan fingerprint density at radius 3 is 2.70 bits per heavy atom. The largest absolute Gasteiger partial charge is 0.417 e. The summed E-state index contributed by atoms with van der Waals surface area (Å²) in [7, 11) is 0. The Bertz CT molecular complexity index is 609. The van der Waals surface area contributed by atoms with E-state index < -0.39 is 11.7 Å². The van der Waals surface area contributed by atoms with Gasteiger partial charge in [-0.15, -0.1) is 10.2 Å². The third kappa shape index (κ3) is 2.88. The number of hydrogen-bond acceptors (Lipinski definition) is 3. The van der Waals surface area contributed by atoms with Crippen LogP contribution >= 0.6 is 11.6 Å². The zero-order chi connectivity index (χ0) is 14.9. The summed E-state index contributed by atoms with van der Waals surface area (Å²) in [4.78, 5) is 0. The molecule has 110 valence electrons. The van der Waals surface area contributed by atoms with Gasteiger partial charge in [-0.25, -0.2) is 0 Å². The third-order valence-corrected chi connectivity index (χ3v) is 3.23. The van der Waals surface area contributed by atoms with Gasteiger partial charge < -0.3 is 5.32 Å². The van der Waals surface area contributed by atoms with Gasteiger partial charge in [-0.1, -0.05) is 25.4 Å². The number of likely N-dealkylation sites (N-methyl/N-ethyl adjacent to an activating group) is 1. The SMILES string of the molecule is CCNCC(C)c1nnc2c(Cl)cc(C(F)(F)F)cn12. The minimum atomic E-state index is -4.45. The van der Waals surface area contributed by atoms with Crippen LogP contribution in [0.25, 0.3) is 5.65 Å². The van der Waals surface area contributed by atoms with Crippen LogP contribution in [-0.4, -0.2) is 27.7 Å². The lowest BCUT2D eigenvalue weighted by Crippen LogP contribution is -2.21. The van der Waals surface area contributed by atoms with Gasteiger partial charge in [0.25, 0.3) is 0 Å². The van der Waals surface area contributed by atoms with Crippen LogP contribution in [0.4, 0.5) is 13.2 Å². The van der Waals surface area contributed by atoms with E-state index in [0.717, 1.165) is 18.8 Å². The Morgan fingerprint density at radius 2 is 2.10 bits per heavy atom. The molecule has 0 fully saturated rings. The van der Waals surface area contributed by atoms with Gasteiger partial charge in [0.2, 0.25) is 0 Å². The molecule has 0 saturated heterocycles. The summed E-state index contributed by atoms with van der Waals surface area (Å²) >= 11 is 5.85. The lowest BCUT2D eigenvalue weighted by atomic mass is 10.1. The molecule has 8 heteroatoms. The second kappa shape index (κ2) is 5.57. The van der Waals surface area contributed by atoms with Crippen molar-refractivity contribution in [3.63, 3.8) is 0 Å². The summed E-state index contributed by atoms with van der Waals surface area (Å²) in [6.07, 6.45) is -3.47. The molecule has 1 unspecified atom stereocenters. The average Bonchev–Trinajstić information content (AvgIpc) is 2.79. The Hall–Kier alpha value is -1.34. The van der Waals surface area contributed by atoms with Crippen LogP contribution in [0.1, 0.15) is 31.2 Å². The van der Waals surface area contributed by atoms with Crippen LogP contribution in [-0.2, 0) is 6.18 Å². The fourth-order valence-corrected chi connectivity index (χ4v) is 2.16. The predicted molar refractivity (Wildman–Crippen MR) is 70.0 cm³/mol.